The first-order chi connectivity index (χ1) is 6.22. The van der Waals surface area contributed by atoms with Gasteiger partial charge in [-0.05, 0) is 18.9 Å². The Labute approximate surface area is 84.7 Å². The Morgan fingerprint density at radius 1 is 1.23 bits per heavy atom. The van der Waals surface area contributed by atoms with Crippen molar-refractivity contribution < 1.29 is 0 Å². The highest BCUT2D eigenvalue weighted by atomic mass is 14.5. The molecule has 0 saturated carbocycles. The molecule has 0 spiro atoms. The third-order valence-electron chi connectivity index (χ3n) is 1.22. The molecule has 0 aromatic rings. The predicted molar refractivity (Wildman–Crippen MR) is 64.9 cm³/mol. The van der Waals surface area contributed by atoms with Crippen LogP contribution in [-0.4, -0.2) is 6.54 Å². The summed E-state index contributed by atoms with van der Waals surface area (Å²) in [6, 6.07) is 0. The molecule has 0 unspecified atom stereocenters. The van der Waals surface area contributed by atoms with Gasteiger partial charge in [-0.3, -0.25) is 0 Å². The van der Waals surface area contributed by atoms with Gasteiger partial charge in [-0.2, -0.15) is 0 Å². The predicted octanol–water partition coefficient (Wildman–Crippen LogP) is 3.91. The van der Waals surface area contributed by atoms with E-state index in [1.54, 1.807) is 0 Å². The molecule has 0 aliphatic heterocycles. The van der Waals surface area contributed by atoms with E-state index in [2.05, 4.69) is 19.6 Å². The third-order valence-corrected chi connectivity index (χ3v) is 1.22. The molecule has 13 heavy (non-hydrogen) atoms. The molecule has 0 saturated heterocycles. The first kappa shape index (κ1) is 18.3. The highest BCUT2D eigenvalue weighted by Gasteiger charge is 1.90. The third kappa shape index (κ3) is 14.3. The molecule has 0 fully saturated rings. The van der Waals surface area contributed by atoms with Crippen LogP contribution in [0.2, 0.25) is 0 Å². The molecule has 0 aliphatic rings. The van der Waals surface area contributed by atoms with E-state index in [0.717, 1.165) is 12.0 Å². The Balaban J connectivity index is -0.000000218. The molecular weight excluding hydrogens is 158 g/mol. The number of rotatable bonds is 3. The summed E-state index contributed by atoms with van der Waals surface area (Å²) in [6.07, 6.45) is 3.15. The van der Waals surface area contributed by atoms with Crippen molar-refractivity contribution in [1.82, 2.24) is 0 Å². The van der Waals surface area contributed by atoms with E-state index in [9.17, 15) is 0 Å². The fraction of sp³-hybridized carbons (Fsp3) is 0.667. The highest BCUT2D eigenvalue weighted by Crippen LogP contribution is 2.04. The molecule has 0 aromatic heterocycles. The molecule has 0 atom stereocenters. The van der Waals surface area contributed by atoms with Crippen molar-refractivity contribution in [3.63, 3.8) is 0 Å². The number of hydrogen-bond acceptors (Lipinski definition) is 1. The molecule has 0 heterocycles. The highest BCUT2D eigenvalue weighted by molar-refractivity contribution is 5.26. The van der Waals surface area contributed by atoms with E-state index < -0.39 is 0 Å². The minimum atomic E-state index is 0.614. The first-order valence-electron chi connectivity index (χ1n) is 5.27. The van der Waals surface area contributed by atoms with Crippen LogP contribution in [0.15, 0.2) is 23.8 Å². The summed E-state index contributed by atoms with van der Waals surface area (Å²) in [7, 11) is 0. The topological polar surface area (TPSA) is 26.0 Å². The Kier molecular flexibility index (Phi) is 24.6. The quantitative estimate of drug-likeness (QED) is 0.663. The van der Waals surface area contributed by atoms with Crippen LogP contribution < -0.4 is 5.73 Å². The molecule has 0 aliphatic carbocycles. The number of hydrogen-bond donors (Lipinski definition) is 1. The summed E-state index contributed by atoms with van der Waals surface area (Å²) in [5.41, 5.74) is 7.69. The summed E-state index contributed by atoms with van der Waals surface area (Å²) in [6.45, 7) is 16.5. The van der Waals surface area contributed by atoms with Crippen LogP contribution in [0.1, 0.15) is 48.0 Å². The molecule has 0 rings (SSSR count). The molecule has 0 aromatic carbocycles. The van der Waals surface area contributed by atoms with Gasteiger partial charge in [0.15, 0.2) is 0 Å². The summed E-state index contributed by atoms with van der Waals surface area (Å²) < 4.78 is 0. The van der Waals surface area contributed by atoms with Crippen LogP contribution in [0.3, 0.4) is 0 Å². The number of allylic oxidation sites excluding steroid dienone is 1. The molecular formula is C12H27N. The molecule has 0 radical (unpaired) electrons. The molecule has 1 heteroatoms. The largest absolute Gasteiger partial charge is 0.326 e. The second-order valence-electron chi connectivity index (χ2n) is 2.12. The van der Waals surface area contributed by atoms with Gasteiger partial charge in [0.1, 0.15) is 0 Å². The van der Waals surface area contributed by atoms with Crippen LogP contribution in [-0.2, 0) is 0 Å². The van der Waals surface area contributed by atoms with E-state index in [-0.39, 0.29) is 0 Å². The Bertz CT molecular complexity index is 123. The molecule has 1 nitrogen and oxygen atoms in total. The van der Waals surface area contributed by atoms with Gasteiger partial charge in [0.05, 0.1) is 0 Å². The van der Waals surface area contributed by atoms with Crippen molar-refractivity contribution in [3.8, 4) is 0 Å². The zero-order valence-corrected chi connectivity index (χ0v) is 10.3. The van der Waals surface area contributed by atoms with E-state index in [4.69, 9.17) is 5.73 Å². The lowest BCUT2D eigenvalue weighted by Crippen LogP contribution is -2.03. The van der Waals surface area contributed by atoms with Crippen molar-refractivity contribution >= 4 is 0 Å². The van der Waals surface area contributed by atoms with Gasteiger partial charge < -0.3 is 5.73 Å². The smallest absolute Gasteiger partial charge is 0.0177 e. The van der Waals surface area contributed by atoms with Gasteiger partial charge in [0, 0.05) is 6.54 Å². The van der Waals surface area contributed by atoms with Crippen LogP contribution >= 0.6 is 0 Å². The Hall–Kier alpha value is -0.560. The van der Waals surface area contributed by atoms with Crippen molar-refractivity contribution in [2.45, 2.75) is 48.0 Å². The Morgan fingerprint density at radius 3 is 1.69 bits per heavy atom. The van der Waals surface area contributed by atoms with Crippen LogP contribution in [0.5, 0.6) is 0 Å². The van der Waals surface area contributed by atoms with E-state index >= 15 is 0 Å². The lowest BCUT2D eigenvalue weighted by molar-refractivity contribution is 1.10. The number of nitrogens with two attached hydrogens (primary N) is 1. The summed E-state index contributed by atoms with van der Waals surface area (Å²) in [5, 5.41) is 0. The lowest BCUT2D eigenvalue weighted by atomic mass is 10.1. The molecule has 0 amide bonds. The maximum atomic E-state index is 5.43. The van der Waals surface area contributed by atoms with Gasteiger partial charge in [-0.1, -0.05) is 52.8 Å². The average Bonchev–Trinajstić information content (AvgIpc) is 2.20. The van der Waals surface area contributed by atoms with Crippen LogP contribution in [0.4, 0.5) is 0 Å². The lowest BCUT2D eigenvalue weighted by Gasteiger charge is -2.00. The van der Waals surface area contributed by atoms with Crippen LogP contribution in [0, 0.1) is 0 Å². The maximum absolute atomic E-state index is 5.43. The van der Waals surface area contributed by atoms with E-state index in [1.807, 2.05) is 34.6 Å². The normalized spacial score (nSPS) is 9.00. The van der Waals surface area contributed by atoms with Crippen molar-refractivity contribution in [3.05, 3.63) is 23.8 Å². The minimum absolute atomic E-state index is 0.614. The fourth-order valence-electron chi connectivity index (χ4n) is 0.678. The van der Waals surface area contributed by atoms with Crippen molar-refractivity contribution in [1.29, 1.82) is 0 Å². The van der Waals surface area contributed by atoms with Crippen molar-refractivity contribution in [2.75, 3.05) is 6.54 Å². The van der Waals surface area contributed by atoms with E-state index in [0.29, 0.717) is 6.54 Å². The molecule has 2 N–H and O–H groups in total. The van der Waals surface area contributed by atoms with E-state index in [1.165, 1.54) is 5.57 Å². The summed E-state index contributed by atoms with van der Waals surface area (Å²) >= 11 is 0. The van der Waals surface area contributed by atoms with Gasteiger partial charge in [-0.25, -0.2) is 0 Å². The minimum Gasteiger partial charge on any atom is -0.326 e. The monoisotopic (exact) mass is 185 g/mol. The van der Waals surface area contributed by atoms with Gasteiger partial charge in [0.2, 0.25) is 0 Å². The second kappa shape index (κ2) is 17.5. The zero-order chi connectivity index (χ0) is 11.3. The fourth-order valence-corrected chi connectivity index (χ4v) is 0.678. The van der Waals surface area contributed by atoms with Crippen molar-refractivity contribution in [2.24, 2.45) is 5.73 Å². The van der Waals surface area contributed by atoms with Gasteiger partial charge >= 0.3 is 0 Å². The molecule has 0 bridgehead atoms. The maximum Gasteiger partial charge on any atom is 0.0177 e. The van der Waals surface area contributed by atoms with Gasteiger partial charge in [0.25, 0.3) is 0 Å². The summed E-state index contributed by atoms with van der Waals surface area (Å²) in [5.74, 6) is 0. The standard InChI is InChI=1S/C8H15N.2C2H6/c1-4-5-8(6-9)7(2)3;2*1-2/h5H,2,4,6,9H2,1,3H3;2*1-2H3/b8-5-;;. The average molecular weight is 185 g/mol. The second-order valence-corrected chi connectivity index (χ2v) is 2.12. The SMILES string of the molecule is C=C(C)/C(=C\CC)CN.CC.CC. The first-order valence-corrected chi connectivity index (χ1v) is 5.27. The van der Waals surface area contributed by atoms with Crippen LogP contribution in [0.25, 0.3) is 0 Å². The van der Waals surface area contributed by atoms with Gasteiger partial charge in [-0.15, -0.1) is 0 Å². The molecule has 80 valence electrons. The zero-order valence-electron chi connectivity index (χ0n) is 10.3. The summed E-state index contributed by atoms with van der Waals surface area (Å²) in [4.78, 5) is 0. The Morgan fingerprint density at radius 2 is 1.62 bits per heavy atom.